The van der Waals surface area contributed by atoms with Crippen LogP contribution in [0.15, 0.2) is 30.5 Å². The van der Waals surface area contributed by atoms with Gasteiger partial charge in [0.25, 0.3) is 5.91 Å². The lowest BCUT2D eigenvalue weighted by Crippen LogP contribution is -2.48. The van der Waals surface area contributed by atoms with Crippen molar-refractivity contribution in [1.82, 2.24) is 14.7 Å². The van der Waals surface area contributed by atoms with Crippen LogP contribution in [0.5, 0.6) is 5.75 Å². The Morgan fingerprint density at radius 1 is 1.26 bits per heavy atom. The van der Waals surface area contributed by atoms with Gasteiger partial charge in [-0.25, -0.2) is 4.68 Å². The zero-order valence-corrected chi connectivity index (χ0v) is 15.2. The lowest BCUT2D eigenvalue weighted by Gasteiger charge is -2.34. The SMILES string of the molecule is COc1cn(-c2cccc(C(F)(F)F)c2)nc1C(=O)N1C[C@H](C)O[C@@H](C)C1. The van der Waals surface area contributed by atoms with Gasteiger partial charge in [0.2, 0.25) is 0 Å². The maximum absolute atomic E-state index is 13.0. The van der Waals surface area contributed by atoms with Crippen molar-refractivity contribution in [1.29, 1.82) is 0 Å². The van der Waals surface area contributed by atoms with Crippen molar-refractivity contribution in [3.05, 3.63) is 41.7 Å². The van der Waals surface area contributed by atoms with Crippen molar-refractivity contribution in [3.8, 4) is 11.4 Å². The van der Waals surface area contributed by atoms with Crippen LogP contribution in [0.4, 0.5) is 13.2 Å². The summed E-state index contributed by atoms with van der Waals surface area (Å²) in [7, 11) is 1.38. The number of amides is 1. The summed E-state index contributed by atoms with van der Waals surface area (Å²) in [5.41, 5.74) is -0.555. The fourth-order valence-corrected chi connectivity index (χ4v) is 3.11. The van der Waals surface area contributed by atoms with Gasteiger partial charge in [-0.15, -0.1) is 0 Å². The molecule has 9 heteroatoms. The van der Waals surface area contributed by atoms with Gasteiger partial charge in [0.15, 0.2) is 11.4 Å². The molecular weight excluding hydrogens is 363 g/mol. The highest BCUT2D eigenvalue weighted by molar-refractivity contribution is 5.95. The van der Waals surface area contributed by atoms with Gasteiger partial charge >= 0.3 is 6.18 Å². The molecule has 0 bridgehead atoms. The number of carbonyl (C=O) groups excluding carboxylic acids is 1. The number of halogens is 3. The van der Waals surface area contributed by atoms with E-state index in [0.717, 1.165) is 12.1 Å². The van der Waals surface area contributed by atoms with Gasteiger partial charge in [0.05, 0.1) is 36.8 Å². The largest absolute Gasteiger partial charge is 0.493 e. The zero-order valence-electron chi connectivity index (χ0n) is 15.2. The number of hydrogen-bond acceptors (Lipinski definition) is 4. The van der Waals surface area contributed by atoms with E-state index in [1.54, 1.807) is 4.90 Å². The van der Waals surface area contributed by atoms with Crippen LogP contribution in [0.3, 0.4) is 0 Å². The monoisotopic (exact) mass is 383 g/mol. The van der Waals surface area contributed by atoms with Crippen LogP contribution in [-0.2, 0) is 10.9 Å². The summed E-state index contributed by atoms with van der Waals surface area (Å²) < 4.78 is 50.9. The van der Waals surface area contributed by atoms with E-state index in [4.69, 9.17) is 9.47 Å². The molecule has 1 aromatic carbocycles. The normalized spacial score (nSPS) is 20.6. The number of carbonyl (C=O) groups is 1. The van der Waals surface area contributed by atoms with Gasteiger partial charge in [-0.1, -0.05) is 6.07 Å². The molecule has 2 aromatic rings. The third-order valence-corrected chi connectivity index (χ3v) is 4.25. The fourth-order valence-electron chi connectivity index (χ4n) is 3.11. The third-order valence-electron chi connectivity index (χ3n) is 4.25. The van der Waals surface area contributed by atoms with E-state index in [0.29, 0.717) is 13.1 Å². The molecule has 0 radical (unpaired) electrons. The minimum absolute atomic E-state index is 0.0520. The van der Waals surface area contributed by atoms with Gasteiger partial charge in [-0.05, 0) is 32.0 Å². The molecule has 1 aromatic heterocycles. The molecule has 1 aliphatic heterocycles. The summed E-state index contributed by atoms with van der Waals surface area (Å²) in [6.07, 6.45) is -3.30. The molecule has 2 heterocycles. The summed E-state index contributed by atoms with van der Waals surface area (Å²) in [5.74, 6) is -0.149. The molecule has 1 fully saturated rings. The molecular formula is C18H20F3N3O3. The van der Waals surface area contributed by atoms with Crippen molar-refractivity contribution in [2.24, 2.45) is 0 Å². The summed E-state index contributed by atoms with van der Waals surface area (Å²) >= 11 is 0. The Hall–Kier alpha value is -2.55. The number of methoxy groups -OCH3 is 1. The second-order valence-electron chi connectivity index (χ2n) is 6.51. The Kier molecular flexibility index (Phi) is 5.14. The number of ether oxygens (including phenoxy) is 2. The topological polar surface area (TPSA) is 56.6 Å². The van der Waals surface area contributed by atoms with Crippen LogP contribution >= 0.6 is 0 Å². The standard InChI is InChI=1S/C18H20F3N3O3/c1-11-8-23(9-12(2)27-11)17(25)16-15(26-3)10-24(22-16)14-6-4-5-13(7-14)18(19,20)21/h4-7,10-12H,8-9H2,1-3H3/t11-,12-/m0/s1. The lowest BCUT2D eigenvalue weighted by molar-refractivity contribution is -0.137. The zero-order chi connectivity index (χ0) is 19.8. The van der Waals surface area contributed by atoms with Gasteiger partial charge in [-0.2, -0.15) is 18.3 Å². The molecule has 3 rings (SSSR count). The number of hydrogen-bond donors (Lipinski definition) is 0. The molecule has 1 saturated heterocycles. The van der Waals surface area contributed by atoms with Crippen molar-refractivity contribution < 1.29 is 27.4 Å². The van der Waals surface area contributed by atoms with Crippen LogP contribution in [0.2, 0.25) is 0 Å². The second-order valence-corrected chi connectivity index (χ2v) is 6.51. The number of rotatable bonds is 3. The predicted octanol–water partition coefficient (Wildman–Crippen LogP) is 3.15. The van der Waals surface area contributed by atoms with E-state index >= 15 is 0 Å². The number of morpholine rings is 1. The summed E-state index contributed by atoms with van der Waals surface area (Å²) in [4.78, 5) is 14.5. The Morgan fingerprint density at radius 3 is 2.52 bits per heavy atom. The first-order valence-electron chi connectivity index (χ1n) is 8.45. The maximum Gasteiger partial charge on any atom is 0.416 e. The smallest absolute Gasteiger partial charge is 0.416 e. The van der Waals surface area contributed by atoms with Gasteiger partial charge < -0.3 is 14.4 Å². The predicted molar refractivity (Wildman–Crippen MR) is 91.0 cm³/mol. The molecule has 0 aliphatic carbocycles. The van der Waals surface area contributed by atoms with E-state index in [1.165, 1.54) is 30.1 Å². The molecule has 0 saturated carbocycles. The van der Waals surface area contributed by atoms with Crippen molar-refractivity contribution >= 4 is 5.91 Å². The highest BCUT2D eigenvalue weighted by atomic mass is 19.4. The number of benzene rings is 1. The average Bonchev–Trinajstić information content (AvgIpc) is 3.04. The van der Waals surface area contributed by atoms with Crippen LogP contribution in [0, 0.1) is 0 Å². The molecule has 0 N–H and O–H groups in total. The molecule has 1 aliphatic rings. The van der Waals surface area contributed by atoms with Crippen molar-refractivity contribution in [2.45, 2.75) is 32.2 Å². The summed E-state index contributed by atoms with van der Waals surface area (Å²) in [6, 6.07) is 4.72. The molecule has 146 valence electrons. The molecule has 0 unspecified atom stereocenters. The Balaban J connectivity index is 1.93. The lowest BCUT2D eigenvalue weighted by atomic mass is 10.2. The van der Waals surface area contributed by atoms with E-state index in [1.807, 2.05) is 13.8 Å². The first-order chi connectivity index (χ1) is 12.7. The van der Waals surface area contributed by atoms with Gasteiger partial charge in [0.1, 0.15) is 0 Å². The van der Waals surface area contributed by atoms with Crippen LogP contribution < -0.4 is 4.74 Å². The first kappa shape index (κ1) is 19.2. The van der Waals surface area contributed by atoms with E-state index in [2.05, 4.69) is 5.10 Å². The third kappa shape index (κ3) is 4.08. The van der Waals surface area contributed by atoms with Crippen LogP contribution in [0.25, 0.3) is 5.69 Å². The summed E-state index contributed by atoms with van der Waals surface area (Å²) in [6.45, 7) is 4.55. The Morgan fingerprint density at radius 2 is 1.93 bits per heavy atom. The fraction of sp³-hybridized carbons (Fsp3) is 0.444. The van der Waals surface area contributed by atoms with E-state index in [-0.39, 0.29) is 35.2 Å². The van der Waals surface area contributed by atoms with Gasteiger partial charge in [0, 0.05) is 13.1 Å². The molecule has 2 atom stereocenters. The number of aromatic nitrogens is 2. The van der Waals surface area contributed by atoms with Crippen LogP contribution in [0.1, 0.15) is 29.9 Å². The maximum atomic E-state index is 13.0. The van der Waals surface area contributed by atoms with E-state index in [9.17, 15) is 18.0 Å². The molecule has 27 heavy (non-hydrogen) atoms. The Bertz CT molecular complexity index is 825. The van der Waals surface area contributed by atoms with E-state index < -0.39 is 11.7 Å². The quantitative estimate of drug-likeness (QED) is 0.817. The molecule has 1 amide bonds. The highest BCUT2D eigenvalue weighted by Crippen LogP contribution is 2.31. The minimum atomic E-state index is -4.47. The number of alkyl halides is 3. The number of nitrogens with zero attached hydrogens (tertiary/aromatic N) is 3. The molecule has 0 spiro atoms. The second kappa shape index (κ2) is 7.22. The summed E-state index contributed by atoms with van der Waals surface area (Å²) in [5, 5.41) is 4.19. The highest BCUT2D eigenvalue weighted by Gasteiger charge is 2.32. The van der Waals surface area contributed by atoms with Crippen molar-refractivity contribution in [2.75, 3.05) is 20.2 Å². The van der Waals surface area contributed by atoms with Crippen LogP contribution in [-0.4, -0.2) is 53.0 Å². The first-order valence-corrected chi connectivity index (χ1v) is 8.45. The minimum Gasteiger partial charge on any atom is -0.493 e. The Labute approximate surface area is 154 Å². The molecule has 6 nitrogen and oxygen atoms in total. The van der Waals surface area contributed by atoms with Crippen molar-refractivity contribution in [3.63, 3.8) is 0 Å². The van der Waals surface area contributed by atoms with Gasteiger partial charge in [-0.3, -0.25) is 4.79 Å². The average molecular weight is 383 g/mol.